The molecule has 0 aliphatic carbocycles. The molecule has 1 aromatic carbocycles. The van der Waals surface area contributed by atoms with Gasteiger partial charge in [0.05, 0.1) is 4.90 Å². The van der Waals surface area contributed by atoms with Gasteiger partial charge in [-0.2, -0.15) is 0 Å². The third-order valence-corrected chi connectivity index (χ3v) is 2.88. The molecule has 0 bridgehead atoms. The molecule has 0 radical (unpaired) electrons. The molecule has 0 saturated heterocycles. The van der Waals surface area contributed by atoms with Gasteiger partial charge in [-0.25, -0.2) is 12.8 Å². The molecular formula is C9H11FO3S. The second kappa shape index (κ2) is 4.06. The van der Waals surface area contributed by atoms with Gasteiger partial charge in [0.1, 0.15) is 0 Å². The zero-order valence-corrected chi connectivity index (χ0v) is 8.46. The molecule has 0 aliphatic rings. The van der Waals surface area contributed by atoms with Crippen molar-refractivity contribution in [1.82, 2.24) is 0 Å². The second-order valence-corrected chi connectivity index (χ2v) is 5.07. The van der Waals surface area contributed by atoms with Crippen LogP contribution in [0.25, 0.3) is 0 Å². The minimum absolute atomic E-state index is 0.121. The Morgan fingerprint density at radius 1 is 1.36 bits per heavy atom. The number of halogens is 1. The Balaban J connectivity index is 2.90. The molecule has 0 saturated carbocycles. The van der Waals surface area contributed by atoms with Crippen LogP contribution in [0, 0.1) is 0 Å². The fourth-order valence-corrected chi connectivity index (χ4v) is 1.70. The highest BCUT2D eigenvalue weighted by atomic mass is 32.2. The summed E-state index contributed by atoms with van der Waals surface area (Å²) in [5, 5.41) is 8.45. The van der Waals surface area contributed by atoms with Gasteiger partial charge in [0.15, 0.2) is 16.2 Å². The number of hydrogen-bond donors (Lipinski definition) is 1. The number of hydrogen-bond acceptors (Lipinski definition) is 3. The van der Waals surface area contributed by atoms with Crippen molar-refractivity contribution in [3.63, 3.8) is 0 Å². The van der Waals surface area contributed by atoms with Gasteiger partial charge in [-0.15, -0.1) is 0 Å². The van der Waals surface area contributed by atoms with Gasteiger partial charge in [-0.1, -0.05) is 12.1 Å². The summed E-state index contributed by atoms with van der Waals surface area (Å²) < 4.78 is 34.2. The number of aliphatic hydroxyl groups excluding tert-OH is 1. The number of alkyl halides is 1. The first-order chi connectivity index (χ1) is 6.39. The lowest BCUT2D eigenvalue weighted by Crippen LogP contribution is -2.03. The van der Waals surface area contributed by atoms with Crippen molar-refractivity contribution in [1.29, 1.82) is 0 Å². The predicted molar refractivity (Wildman–Crippen MR) is 50.4 cm³/mol. The van der Waals surface area contributed by atoms with E-state index in [0.29, 0.717) is 5.56 Å². The molecule has 1 unspecified atom stereocenters. The van der Waals surface area contributed by atoms with E-state index in [1.54, 1.807) is 0 Å². The van der Waals surface area contributed by atoms with Crippen molar-refractivity contribution < 1.29 is 17.9 Å². The van der Waals surface area contributed by atoms with Crippen molar-refractivity contribution in [3.05, 3.63) is 29.8 Å². The molecule has 0 heterocycles. The lowest BCUT2D eigenvalue weighted by Gasteiger charge is -2.02. The normalized spacial score (nSPS) is 13.9. The minimum atomic E-state index is -3.20. The van der Waals surface area contributed by atoms with Crippen LogP contribution in [-0.2, 0) is 16.3 Å². The van der Waals surface area contributed by atoms with Crippen LogP contribution in [0.5, 0.6) is 0 Å². The molecule has 1 aromatic rings. The van der Waals surface area contributed by atoms with Crippen LogP contribution in [0.15, 0.2) is 29.2 Å². The Morgan fingerprint density at radius 3 is 2.21 bits per heavy atom. The molecule has 0 aromatic heterocycles. The summed E-state index contributed by atoms with van der Waals surface area (Å²) >= 11 is 0. The molecule has 5 heteroatoms. The first kappa shape index (κ1) is 11.1. The standard InChI is InChI=1S/C9H11FO3S/c1-14(12,13)8-4-2-7(3-5-8)6-9(10)11/h2-5,9,11H,6H2,1H3. The van der Waals surface area contributed by atoms with Crippen molar-refractivity contribution in [2.45, 2.75) is 17.7 Å². The topological polar surface area (TPSA) is 54.4 Å². The van der Waals surface area contributed by atoms with Gasteiger partial charge in [-0.05, 0) is 17.7 Å². The van der Waals surface area contributed by atoms with Crippen LogP contribution in [0.2, 0.25) is 0 Å². The Bertz CT molecular complexity index is 395. The summed E-state index contributed by atoms with van der Waals surface area (Å²) in [4.78, 5) is 0.189. The van der Waals surface area contributed by atoms with Crippen LogP contribution < -0.4 is 0 Å². The quantitative estimate of drug-likeness (QED) is 0.820. The summed E-state index contributed by atoms with van der Waals surface area (Å²) in [6.07, 6.45) is -0.921. The number of rotatable bonds is 3. The van der Waals surface area contributed by atoms with E-state index in [9.17, 15) is 12.8 Å². The van der Waals surface area contributed by atoms with Crippen molar-refractivity contribution in [2.24, 2.45) is 0 Å². The summed E-state index contributed by atoms with van der Waals surface area (Å²) in [6, 6.07) is 5.76. The molecule has 1 atom stereocenters. The first-order valence-electron chi connectivity index (χ1n) is 4.01. The van der Waals surface area contributed by atoms with E-state index in [2.05, 4.69) is 0 Å². The Labute approximate surface area is 82.1 Å². The first-order valence-corrected chi connectivity index (χ1v) is 5.90. The molecule has 0 spiro atoms. The van der Waals surface area contributed by atoms with Crippen LogP contribution >= 0.6 is 0 Å². The molecule has 0 amide bonds. The van der Waals surface area contributed by atoms with E-state index in [0.717, 1.165) is 6.26 Å². The number of benzene rings is 1. The molecule has 1 rings (SSSR count). The van der Waals surface area contributed by atoms with Gasteiger partial charge in [0, 0.05) is 12.7 Å². The van der Waals surface area contributed by atoms with Crippen molar-refractivity contribution in [3.8, 4) is 0 Å². The summed E-state index contributed by atoms with van der Waals surface area (Å²) in [5.41, 5.74) is 0.562. The largest absolute Gasteiger partial charge is 0.364 e. The van der Waals surface area contributed by atoms with Gasteiger partial charge >= 0.3 is 0 Å². The van der Waals surface area contributed by atoms with Crippen LogP contribution in [0.4, 0.5) is 4.39 Å². The number of aliphatic hydroxyl groups is 1. The zero-order chi connectivity index (χ0) is 10.8. The Morgan fingerprint density at radius 2 is 1.86 bits per heavy atom. The van der Waals surface area contributed by atoms with E-state index >= 15 is 0 Å². The maximum Gasteiger partial charge on any atom is 0.200 e. The van der Waals surface area contributed by atoms with E-state index in [-0.39, 0.29) is 11.3 Å². The van der Waals surface area contributed by atoms with E-state index in [4.69, 9.17) is 5.11 Å². The average molecular weight is 218 g/mol. The smallest absolute Gasteiger partial charge is 0.200 e. The molecule has 14 heavy (non-hydrogen) atoms. The Kier molecular flexibility index (Phi) is 3.23. The van der Waals surface area contributed by atoms with Crippen LogP contribution in [0.3, 0.4) is 0 Å². The van der Waals surface area contributed by atoms with Crippen molar-refractivity contribution in [2.75, 3.05) is 6.26 Å². The van der Waals surface area contributed by atoms with E-state index in [1.807, 2.05) is 0 Å². The number of sulfone groups is 1. The summed E-state index contributed by atoms with van der Waals surface area (Å²) in [7, 11) is -3.20. The summed E-state index contributed by atoms with van der Waals surface area (Å²) in [5.74, 6) is 0. The summed E-state index contributed by atoms with van der Waals surface area (Å²) in [6.45, 7) is 0. The second-order valence-electron chi connectivity index (χ2n) is 3.05. The minimum Gasteiger partial charge on any atom is -0.364 e. The highest BCUT2D eigenvalue weighted by Gasteiger charge is 2.07. The van der Waals surface area contributed by atoms with Crippen LogP contribution in [0.1, 0.15) is 5.56 Å². The third-order valence-electron chi connectivity index (χ3n) is 1.76. The maximum absolute atomic E-state index is 12.2. The SMILES string of the molecule is CS(=O)(=O)c1ccc(CC(O)F)cc1. The highest BCUT2D eigenvalue weighted by molar-refractivity contribution is 7.90. The molecule has 78 valence electrons. The lowest BCUT2D eigenvalue weighted by molar-refractivity contribution is 0.0430. The van der Waals surface area contributed by atoms with Crippen molar-refractivity contribution >= 4 is 9.84 Å². The molecule has 3 nitrogen and oxygen atoms in total. The molecular weight excluding hydrogens is 207 g/mol. The average Bonchev–Trinajstić information content (AvgIpc) is 2.02. The van der Waals surface area contributed by atoms with Gasteiger partial charge in [-0.3, -0.25) is 0 Å². The molecule has 1 N–H and O–H groups in total. The monoisotopic (exact) mass is 218 g/mol. The fourth-order valence-electron chi connectivity index (χ4n) is 1.07. The van der Waals surface area contributed by atoms with Gasteiger partial charge < -0.3 is 5.11 Å². The van der Waals surface area contributed by atoms with Gasteiger partial charge in [0.2, 0.25) is 0 Å². The Hall–Kier alpha value is -0.940. The van der Waals surface area contributed by atoms with Crippen LogP contribution in [-0.4, -0.2) is 26.1 Å². The van der Waals surface area contributed by atoms with Gasteiger partial charge in [0.25, 0.3) is 0 Å². The third kappa shape index (κ3) is 3.08. The van der Waals surface area contributed by atoms with E-state index in [1.165, 1.54) is 24.3 Å². The highest BCUT2D eigenvalue weighted by Crippen LogP contribution is 2.11. The predicted octanol–water partition coefficient (Wildman–Crippen LogP) is 0.921. The maximum atomic E-state index is 12.2. The molecule has 0 aliphatic heterocycles. The van der Waals surface area contributed by atoms with E-state index < -0.39 is 16.2 Å². The fraction of sp³-hybridized carbons (Fsp3) is 0.333. The zero-order valence-electron chi connectivity index (χ0n) is 7.64. The molecule has 0 fully saturated rings. The lowest BCUT2D eigenvalue weighted by atomic mass is 10.1.